The molecule has 2 nitrogen and oxygen atoms in total. The number of hydrogen-bond donors (Lipinski definition) is 0. The van der Waals surface area contributed by atoms with E-state index in [9.17, 15) is 4.79 Å². The maximum atomic E-state index is 11.8. The third kappa shape index (κ3) is 4.70. The minimum Gasteiger partial charge on any atom is -0.304 e. The molecule has 2 heteroatoms. The van der Waals surface area contributed by atoms with Gasteiger partial charge in [-0.15, -0.1) is 0 Å². The van der Waals surface area contributed by atoms with E-state index in [0.29, 0.717) is 12.5 Å². The lowest BCUT2D eigenvalue weighted by Gasteiger charge is -2.23. The van der Waals surface area contributed by atoms with Gasteiger partial charge in [-0.25, -0.2) is 0 Å². The maximum absolute atomic E-state index is 11.8. The van der Waals surface area contributed by atoms with Crippen molar-refractivity contribution in [3.63, 3.8) is 0 Å². The van der Waals surface area contributed by atoms with E-state index in [1.807, 2.05) is 30.3 Å². The van der Waals surface area contributed by atoms with E-state index in [1.165, 1.54) is 0 Å². The number of carbonyl (C=O) groups is 1. The van der Waals surface area contributed by atoms with Crippen LogP contribution in [0.4, 0.5) is 0 Å². The van der Waals surface area contributed by atoms with Crippen molar-refractivity contribution in [2.75, 3.05) is 13.6 Å². The average Bonchev–Trinajstić information content (AvgIpc) is 2.38. The standard InChI is InChI=1S/C15H23NO/c1-4-13(2)16(3)12-8-11-15(17)14-9-6-5-7-10-14/h5-7,9-10,13H,4,8,11-12H2,1-3H3. The van der Waals surface area contributed by atoms with Crippen molar-refractivity contribution in [1.29, 1.82) is 0 Å². The average molecular weight is 233 g/mol. The first-order valence-corrected chi connectivity index (χ1v) is 6.43. The number of hydrogen-bond acceptors (Lipinski definition) is 2. The largest absolute Gasteiger partial charge is 0.304 e. The first-order valence-electron chi connectivity index (χ1n) is 6.43. The number of Topliss-reactive ketones (excluding diaryl/α,β-unsaturated/α-hetero) is 1. The van der Waals surface area contributed by atoms with Crippen LogP contribution < -0.4 is 0 Å². The predicted molar refractivity (Wildman–Crippen MR) is 72.4 cm³/mol. The lowest BCUT2D eigenvalue weighted by Crippen LogP contribution is -2.29. The van der Waals surface area contributed by atoms with Gasteiger partial charge in [-0.2, -0.15) is 0 Å². The summed E-state index contributed by atoms with van der Waals surface area (Å²) in [6, 6.07) is 10.1. The Morgan fingerprint density at radius 1 is 1.29 bits per heavy atom. The van der Waals surface area contributed by atoms with Gasteiger partial charge in [0, 0.05) is 18.0 Å². The van der Waals surface area contributed by atoms with Crippen molar-refractivity contribution in [3.8, 4) is 0 Å². The highest BCUT2D eigenvalue weighted by Crippen LogP contribution is 2.07. The third-order valence-electron chi connectivity index (χ3n) is 3.35. The Morgan fingerprint density at radius 3 is 2.53 bits per heavy atom. The molecule has 0 N–H and O–H groups in total. The molecule has 1 rings (SSSR count). The van der Waals surface area contributed by atoms with E-state index < -0.39 is 0 Å². The van der Waals surface area contributed by atoms with Gasteiger partial charge in [0.2, 0.25) is 0 Å². The second-order valence-corrected chi connectivity index (χ2v) is 4.63. The van der Waals surface area contributed by atoms with Crippen molar-refractivity contribution >= 4 is 5.78 Å². The second-order valence-electron chi connectivity index (χ2n) is 4.63. The molecule has 0 bridgehead atoms. The van der Waals surface area contributed by atoms with Crippen LogP contribution in [0.15, 0.2) is 30.3 Å². The zero-order valence-corrected chi connectivity index (χ0v) is 11.1. The Bertz CT molecular complexity index is 334. The van der Waals surface area contributed by atoms with Gasteiger partial charge in [0.1, 0.15) is 0 Å². The van der Waals surface area contributed by atoms with Crippen molar-refractivity contribution < 1.29 is 4.79 Å². The van der Waals surface area contributed by atoms with Gasteiger partial charge < -0.3 is 4.90 Å². The van der Waals surface area contributed by atoms with Gasteiger partial charge in [0.25, 0.3) is 0 Å². The molecule has 0 aromatic heterocycles. The van der Waals surface area contributed by atoms with E-state index in [4.69, 9.17) is 0 Å². The Balaban J connectivity index is 2.30. The minimum absolute atomic E-state index is 0.253. The fourth-order valence-electron chi connectivity index (χ4n) is 1.79. The Hall–Kier alpha value is -1.15. The van der Waals surface area contributed by atoms with E-state index >= 15 is 0 Å². The SMILES string of the molecule is CCC(C)N(C)CCCC(=O)c1ccccc1. The zero-order valence-electron chi connectivity index (χ0n) is 11.1. The number of rotatable bonds is 7. The maximum Gasteiger partial charge on any atom is 0.162 e. The molecule has 0 aliphatic rings. The molecular formula is C15H23NO. The molecule has 0 saturated carbocycles. The van der Waals surface area contributed by atoms with Crippen LogP contribution in [0.25, 0.3) is 0 Å². The van der Waals surface area contributed by atoms with Gasteiger partial charge in [-0.05, 0) is 33.4 Å². The molecule has 1 unspecified atom stereocenters. The van der Waals surface area contributed by atoms with Gasteiger partial charge in [0.05, 0.1) is 0 Å². The molecule has 1 atom stereocenters. The molecule has 0 spiro atoms. The number of nitrogens with zero attached hydrogens (tertiary/aromatic N) is 1. The predicted octanol–water partition coefficient (Wildman–Crippen LogP) is 3.38. The normalized spacial score (nSPS) is 12.7. The van der Waals surface area contributed by atoms with E-state index in [0.717, 1.165) is 24.9 Å². The molecule has 0 heterocycles. The lowest BCUT2D eigenvalue weighted by molar-refractivity contribution is 0.0974. The fraction of sp³-hybridized carbons (Fsp3) is 0.533. The van der Waals surface area contributed by atoms with E-state index in [1.54, 1.807) is 0 Å². The van der Waals surface area contributed by atoms with Crippen LogP contribution in [0.2, 0.25) is 0 Å². The molecule has 0 fully saturated rings. The van der Waals surface area contributed by atoms with Crippen molar-refractivity contribution in [1.82, 2.24) is 4.90 Å². The summed E-state index contributed by atoms with van der Waals surface area (Å²) in [7, 11) is 2.13. The highest BCUT2D eigenvalue weighted by molar-refractivity contribution is 5.95. The van der Waals surface area contributed by atoms with Crippen LogP contribution in [0.3, 0.4) is 0 Å². The molecule has 94 valence electrons. The first kappa shape index (κ1) is 13.9. The topological polar surface area (TPSA) is 20.3 Å². The van der Waals surface area contributed by atoms with Gasteiger partial charge >= 0.3 is 0 Å². The van der Waals surface area contributed by atoms with Crippen LogP contribution in [0.1, 0.15) is 43.5 Å². The summed E-state index contributed by atoms with van der Waals surface area (Å²) in [5, 5.41) is 0. The zero-order chi connectivity index (χ0) is 12.7. The fourth-order valence-corrected chi connectivity index (χ4v) is 1.79. The van der Waals surface area contributed by atoms with Crippen LogP contribution >= 0.6 is 0 Å². The van der Waals surface area contributed by atoms with Crippen LogP contribution in [-0.2, 0) is 0 Å². The smallest absolute Gasteiger partial charge is 0.162 e. The van der Waals surface area contributed by atoms with Crippen LogP contribution in [-0.4, -0.2) is 30.3 Å². The number of carbonyl (C=O) groups excluding carboxylic acids is 1. The molecule has 1 aromatic carbocycles. The van der Waals surface area contributed by atoms with Gasteiger partial charge in [-0.3, -0.25) is 4.79 Å². The van der Waals surface area contributed by atoms with E-state index in [2.05, 4.69) is 25.8 Å². The van der Waals surface area contributed by atoms with Crippen molar-refractivity contribution in [2.45, 2.75) is 39.2 Å². The Labute approximate surface area is 105 Å². The summed E-state index contributed by atoms with van der Waals surface area (Å²) < 4.78 is 0. The molecule has 0 aliphatic carbocycles. The number of benzene rings is 1. The van der Waals surface area contributed by atoms with Crippen LogP contribution in [0.5, 0.6) is 0 Å². The minimum atomic E-state index is 0.253. The van der Waals surface area contributed by atoms with Crippen LogP contribution in [0, 0.1) is 0 Å². The highest BCUT2D eigenvalue weighted by Gasteiger charge is 2.08. The summed E-state index contributed by atoms with van der Waals surface area (Å²) >= 11 is 0. The summed E-state index contributed by atoms with van der Waals surface area (Å²) in [5.41, 5.74) is 0.832. The highest BCUT2D eigenvalue weighted by atomic mass is 16.1. The molecule has 0 amide bonds. The van der Waals surface area contributed by atoms with Crippen molar-refractivity contribution in [3.05, 3.63) is 35.9 Å². The third-order valence-corrected chi connectivity index (χ3v) is 3.35. The summed E-state index contributed by atoms with van der Waals surface area (Å²) in [6.07, 6.45) is 2.74. The number of ketones is 1. The second kappa shape index (κ2) is 7.23. The van der Waals surface area contributed by atoms with Gasteiger partial charge in [-0.1, -0.05) is 37.3 Å². The quantitative estimate of drug-likeness (QED) is 0.673. The lowest BCUT2D eigenvalue weighted by atomic mass is 10.1. The summed E-state index contributed by atoms with van der Waals surface area (Å²) in [6.45, 7) is 5.41. The molecule has 0 aliphatic heterocycles. The van der Waals surface area contributed by atoms with Crippen molar-refractivity contribution in [2.24, 2.45) is 0 Å². The summed E-state index contributed by atoms with van der Waals surface area (Å²) in [4.78, 5) is 14.2. The first-order chi connectivity index (χ1) is 8.15. The Kier molecular flexibility index (Phi) is 5.92. The molecule has 0 radical (unpaired) electrons. The molecular weight excluding hydrogens is 210 g/mol. The molecule has 0 saturated heterocycles. The molecule has 17 heavy (non-hydrogen) atoms. The Morgan fingerprint density at radius 2 is 1.94 bits per heavy atom. The summed E-state index contributed by atoms with van der Waals surface area (Å²) in [5.74, 6) is 0.253. The van der Waals surface area contributed by atoms with E-state index in [-0.39, 0.29) is 5.78 Å². The monoisotopic (exact) mass is 233 g/mol. The molecule has 1 aromatic rings. The van der Waals surface area contributed by atoms with Gasteiger partial charge in [0.15, 0.2) is 5.78 Å².